The SMILES string of the molecule is Cn1c(=O)ncc2[nH]ncc21. The van der Waals surface area contributed by atoms with Gasteiger partial charge in [0.1, 0.15) is 5.52 Å². The van der Waals surface area contributed by atoms with Crippen LogP contribution in [0.25, 0.3) is 11.0 Å². The molecule has 0 aromatic carbocycles. The van der Waals surface area contributed by atoms with Crippen LogP contribution in [0.4, 0.5) is 0 Å². The summed E-state index contributed by atoms with van der Waals surface area (Å²) < 4.78 is 1.44. The first kappa shape index (κ1) is 6.09. The summed E-state index contributed by atoms with van der Waals surface area (Å²) >= 11 is 0. The van der Waals surface area contributed by atoms with Gasteiger partial charge in [-0.1, -0.05) is 0 Å². The Morgan fingerprint density at radius 3 is 3.18 bits per heavy atom. The lowest BCUT2D eigenvalue weighted by Gasteiger charge is -1.94. The molecular weight excluding hydrogens is 144 g/mol. The molecule has 2 rings (SSSR count). The van der Waals surface area contributed by atoms with Crippen molar-refractivity contribution in [3.63, 3.8) is 0 Å². The molecule has 0 fully saturated rings. The normalized spacial score (nSPS) is 10.6. The van der Waals surface area contributed by atoms with Gasteiger partial charge in [-0.25, -0.2) is 4.79 Å². The Morgan fingerprint density at radius 1 is 1.55 bits per heavy atom. The predicted octanol–water partition coefficient (Wildman–Crippen LogP) is -0.343. The molecule has 1 N–H and O–H groups in total. The molecule has 0 saturated carbocycles. The van der Waals surface area contributed by atoms with Crippen molar-refractivity contribution in [3.8, 4) is 0 Å². The molecular formula is C6H6N4O. The van der Waals surface area contributed by atoms with Crippen molar-refractivity contribution in [2.45, 2.75) is 0 Å². The Kier molecular flexibility index (Phi) is 1.06. The van der Waals surface area contributed by atoms with E-state index < -0.39 is 0 Å². The average Bonchev–Trinajstić information content (AvgIpc) is 2.45. The average molecular weight is 150 g/mol. The summed E-state index contributed by atoms with van der Waals surface area (Å²) in [7, 11) is 1.66. The van der Waals surface area contributed by atoms with Gasteiger partial charge in [-0.3, -0.25) is 9.67 Å². The minimum atomic E-state index is -0.265. The van der Waals surface area contributed by atoms with Crippen molar-refractivity contribution < 1.29 is 0 Å². The second-order valence-electron chi connectivity index (χ2n) is 2.27. The highest BCUT2D eigenvalue weighted by molar-refractivity contribution is 5.72. The second kappa shape index (κ2) is 1.91. The third-order valence-electron chi connectivity index (χ3n) is 1.60. The van der Waals surface area contributed by atoms with Crippen LogP contribution in [0.1, 0.15) is 0 Å². The molecule has 5 heteroatoms. The molecule has 0 spiro atoms. The number of aromatic nitrogens is 4. The Labute approximate surface area is 61.7 Å². The maximum atomic E-state index is 10.9. The van der Waals surface area contributed by atoms with E-state index in [2.05, 4.69) is 15.2 Å². The second-order valence-corrected chi connectivity index (χ2v) is 2.27. The van der Waals surface area contributed by atoms with Gasteiger partial charge in [0.25, 0.3) is 0 Å². The third kappa shape index (κ3) is 0.739. The number of hydrogen-bond donors (Lipinski definition) is 1. The smallest absolute Gasteiger partial charge is 0.292 e. The number of aryl methyl sites for hydroxylation is 1. The van der Waals surface area contributed by atoms with Gasteiger partial charge in [0.2, 0.25) is 0 Å². The van der Waals surface area contributed by atoms with Gasteiger partial charge < -0.3 is 0 Å². The Bertz CT molecular complexity index is 441. The van der Waals surface area contributed by atoms with Crippen LogP contribution in [0, 0.1) is 0 Å². The minimum Gasteiger partial charge on any atom is -0.292 e. The fourth-order valence-electron chi connectivity index (χ4n) is 0.961. The molecule has 0 saturated heterocycles. The van der Waals surface area contributed by atoms with E-state index in [1.807, 2.05) is 0 Å². The molecule has 2 aromatic heterocycles. The monoisotopic (exact) mass is 150 g/mol. The molecule has 0 atom stereocenters. The van der Waals surface area contributed by atoms with Gasteiger partial charge in [0, 0.05) is 7.05 Å². The van der Waals surface area contributed by atoms with Crippen LogP contribution < -0.4 is 5.69 Å². The minimum absolute atomic E-state index is 0.265. The molecule has 56 valence electrons. The van der Waals surface area contributed by atoms with Crippen LogP contribution in [0.2, 0.25) is 0 Å². The van der Waals surface area contributed by atoms with Crippen LogP contribution >= 0.6 is 0 Å². The standard InChI is InChI=1S/C6H6N4O/c1-10-5-3-8-9-4(5)2-7-6(10)11/h2-3H,1H3,(H,8,9). The Hall–Kier alpha value is -1.65. The zero-order valence-corrected chi connectivity index (χ0v) is 5.90. The first-order valence-corrected chi connectivity index (χ1v) is 3.14. The molecule has 0 radical (unpaired) electrons. The molecule has 2 heterocycles. The summed E-state index contributed by atoms with van der Waals surface area (Å²) in [6.07, 6.45) is 3.07. The number of rotatable bonds is 0. The van der Waals surface area contributed by atoms with Crippen LogP contribution in [0.15, 0.2) is 17.2 Å². The van der Waals surface area contributed by atoms with Gasteiger partial charge >= 0.3 is 5.69 Å². The van der Waals surface area contributed by atoms with Crippen molar-refractivity contribution in [2.75, 3.05) is 0 Å². The van der Waals surface area contributed by atoms with E-state index in [4.69, 9.17) is 0 Å². The number of H-pyrrole nitrogens is 1. The molecule has 5 nitrogen and oxygen atoms in total. The van der Waals surface area contributed by atoms with Gasteiger partial charge in [-0.2, -0.15) is 10.1 Å². The molecule has 0 bridgehead atoms. The molecule has 0 aliphatic heterocycles. The lowest BCUT2D eigenvalue weighted by molar-refractivity contribution is 0.853. The van der Waals surface area contributed by atoms with Crippen molar-refractivity contribution in [1.29, 1.82) is 0 Å². The number of fused-ring (bicyclic) bond motifs is 1. The van der Waals surface area contributed by atoms with Crippen molar-refractivity contribution in [2.24, 2.45) is 7.05 Å². The summed E-state index contributed by atoms with van der Waals surface area (Å²) in [5.41, 5.74) is 1.27. The number of nitrogens with one attached hydrogen (secondary N) is 1. The van der Waals surface area contributed by atoms with Gasteiger partial charge in [0.15, 0.2) is 0 Å². The predicted molar refractivity (Wildman–Crippen MR) is 39.1 cm³/mol. The van der Waals surface area contributed by atoms with Crippen LogP contribution in [0.3, 0.4) is 0 Å². The first-order valence-electron chi connectivity index (χ1n) is 3.14. The summed E-state index contributed by atoms with van der Waals surface area (Å²) in [6, 6.07) is 0. The number of aromatic amines is 1. The van der Waals surface area contributed by atoms with Crippen molar-refractivity contribution in [3.05, 3.63) is 22.9 Å². The Balaban J connectivity index is 3.04. The van der Waals surface area contributed by atoms with Crippen LogP contribution in [-0.2, 0) is 7.05 Å². The summed E-state index contributed by atoms with van der Waals surface area (Å²) in [4.78, 5) is 14.6. The summed E-state index contributed by atoms with van der Waals surface area (Å²) in [6.45, 7) is 0. The highest BCUT2D eigenvalue weighted by atomic mass is 16.1. The Morgan fingerprint density at radius 2 is 2.36 bits per heavy atom. The molecule has 0 unspecified atom stereocenters. The lowest BCUT2D eigenvalue weighted by atomic mass is 10.5. The van der Waals surface area contributed by atoms with E-state index in [1.165, 1.54) is 10.8 Å². The summed E-state index contributed by atoms with van der Waals surface area (Å²) in [5, 5.41) is 6.49. The highest BCUT2D eigenvalue weighted by Crippen LogP contribution is 2.02. The van der Waals surface area contributed by atoms with Gasteiger partial charge in [-0.15, -0.1) is 0 Å². The third-order valence-corrected chi connectivity index (χ3v) is 1.60. The fourth-order valence-corrected chi connectivity index (χ4v) is 0.961. The topological polar surface area (TPSA) is 63.6 Å². The zero-order valence-electron chi connectivity index (χ0n) is 5.90. The van der Waals surface area contributed by atoms with E-state index >= 15 is 0 Å². The molecule has 2 aromatic rings. The van der Waals surface area contributed by atoms with E-state index in [1.54, 1.807) is 13.2 Å². The first-order chi connectivity index (χ1) is 5.29. The number of nitrogens with zero attached hydrogens (tertiary/aromatic N) is 3. The molecule has 0 amide bonds. The molecule has 11 heavy (non-hydrogen) atoms. The van der Waals surface area contributed by atoms with Crippen LogP contribution in [0.5, 0.6) is 0 Å². The van der Waals surface area contributed by atoms with E-state index in [9.17, 15) is 4.79 Å². The van der Waals surface area contributed by atoms with E-state index in [0.29, 0.717) is 0 Å². The van der Waals surface area contributed by atoms with Crippen molar-refractivity contribution >= 4 is 11.0 Å². The quantitative estimate of drug-likeness (QED) is 0.558. The zero-order chi connectivity index (χ0) is 7.84. The summed E-state index contributed by atoms with van der Waals surface area (Å²) in [5.74, 6) is 0. The van der Waals surface area contributed by atoms with E-state index in [0.717, 1.165) is 11.0 Å². The number of hydrogen-bond acceptors (Lipinski definition) is 3. The van der Waals surface area contributed by atoms with E-state index in [-0.39, 0.29) is 5.69 Å². The molecule has 0 aliphatic rings. The lowest BCUT2D eigenvalue weighted by Crippen LogP contribution is -2.18. The maximum Gasteiger partial charge on any atom is 0.347 e. The van der Waals surface area contributed by atoms with Crippen LogP contribution in [-0.4, -0.2) is 19.7 Å². The fraction of sp³-hybridized carbons (Fsp3) is 0.167. The molecule has 0 aliphatic carbocycles. The van der Waals surface area contributed by atoms with Gasteiger partial charge in [0.05, 0.1) is 17.9 Å². The van der Waals surface area contributed by atoms with Gasteiger partial charge in [-0.05, 0) is 0 Å². The van der Waals surface area contributed by atoms with Crippen molar-refractivity contribution in [1.82, 2.24) is 19.7 Å². The highest BCUT2D eigenvalue weighted by Gasteiger charge is 1.99. The largest absolute Gasteiger partial charge is 0.347 e. The maximum absolute atomic E-state index is 10.9.